The first-order chi connectivity index (χ1) is 13.0. The highest BCUT2D eigenvalue weighted by Gasteiger charge is 2.10. The van der Waals surface area contributed by atoms with E-state index < -0.39 is 0 Å². The molecule has 7 nitrogen and oxygen atoms in total. The monoisotopic (exact) mass is 363 g/mol. The van der Waals surface area contributed by atoms with Gasteiger partial charge in [0.2, 0.25) is 0 Å². The molecule has 0 saturated carbocycles. The molecule has 0 aliphatic carbocycles. The fourth-order valence-electron chi connectivity index (χ4n) is 2.53. The van der Waals surface area contributed by atoms with E-state index in [9.17, 15) is 9.59 Å². The van der Waals surface area contributed by atoms with Crippen LogP contribution in [0.15, 0.2) is 67.0 Å². The van der Waals surface area contributed by atoms with Crippen LogP contribution in [-0.4, -0.2) is 35.7 Å². The predicted octanol–water partition coefficient (Wildman–Crippen LogP) is 2.07. The van der Waals surface area contributed by atoms with Crippen molar-refractivity contribution in [2.24, 2.45) is 0 Å². The zero-order chi connectivity index (χ0) is 19.2. The van der Waals surface area contributed by atoms with Gasteiger partial charge in [-0.25, -0.2) is 0 Å². The number of nitrogens with one attached hydrogen (secondary N) is 2. The van der Waals surface area contributed by atoms with Crippen LogP contribution in [0.25, 0.3) is 0 Å². The fourth-order valence-corrected chi connectivity index (χ4v) is 2.53. The molecule has 0 unspecified atom stereocenters. The standard InChI is InChI=1S/C20H21N5O2/c1-24(2)18-6-3-5-17(13-18)20(27)23-22-19(26)16-9-7-15(8-10-16)14-25-12-4-11-21-25/h3-13H,14H2,1-2H3,(H,22,26)(H,23,27). The fraction of sp³-hybridized carbons (Fsp3) is 0.150. The molecule has 2 N–H and O–H groups in total. The number of hydrogen-bond donors (Lipinski definition) is 2. The van der Waals surface area contributed by atoms with Crippen LogP contribution >= 0.6 is 0 Å². The van der Waals surface area contributed by atoms with Crippen LogP contribution in [0, 0.1) is 0 Å². The van der Waals surface area contributed by atoms with E-state index in [1.54, 1.807) is 41.2 Å². The molecule has 0 spiro atoms. The molecule has 0 aliphatic rings. The van der Waals surface area contributed by atoms with Crippen molar-refractivity contribution in [2.75, 3.05) is 19.0 Å². The number of benzene rings is 2. The van der Waals surface area contributed by atoms with Crippen LogP contribution in [0.5, 0.6) is 0 Å². The van der Waals surface area contributed by atoms with Gasteiger partial charge < -0.3 is 4.90 Å². The average Bonchev–Trinajstić information content (AvgIpc) is 3.19. The minimum absolute atomic E-state index is 0.373. The van der Waals surface area contributed by atoms with Gasteiger partial charge in [0.05, 0.1) is 6.54 Å². The number of nitrogens with zero attached hydrogens (tertiary/aromatic N) is 3. The Morgan fingerprint density at radius 3 is 2.30 bits per heavy atom. The van der Waals surface area contributed by atoms with Crippen molar-refractivity contribution in [3.8, 4) is 0 Å². The molecule has 0 fully saturated rings. The van der Waals surface area contributed by atoms with Gasteiger partial charge in [-0.05, 0) is 42.0 Å². The smallest absolute Gasteiger partial charge is 0.269 e. The van der Waals surface area contributed by atoms with Crippen LogP contribution in [-0.2, 0) is 6.54 Å². The summed E-state index contributed by atoms with van der Waals surface area (Å²) in [6.07, 6.45) is 3.60. The van der Waals surface area contributed by atoms with Crippen LogP contribution < -0.4 is 15.8 Å². The first-order valence-corrected chi connectivity index (χ1v) is 8.47. The molecule has 0 aliphatic heterocycles. The second-order valence-corrected chi connectivity index (χ2v) is 6.25. The number of hydrazine groups is 1. The van der Waals surface area contributed by atoms with Crippen LogP contribution in [0.4, 0.5) is 5.69 Å². The minimum atomic E-state index is -0.377. The number of hydrogen-bond acceptors (Lipinski definition) is 4. The Kier molecular flexibility index (Phi) is 5.51. The minimum Gasteiger partial charge on any atom is -0.378 e. The third-order valence-corrected chi connectivity index (χ3v) is 4.03. The van der Waals surface area contributed by atoms with Crippen molar-refractivity contribution in [2.45, 2.75) is 6.54 Å². The molecule has 2 aromatic carbocycles. The van der Waals surface area contributed by atoms with Gasteiger partial charge in [0.25, 0.3) is 11.8 Å². The van der Waals surface area contributed by atoms with E-state index >= 15 is 0 Å². The summed E-state index contributed by atoms with van der Waals surface area (Å²) in [6.45, 7) is 0.633. The normalized spacial score (nSPS) is 10.3. The van der Waals surface area contributed by atoms with Gasteiger partial charge in [-0.15, -0.1) is 0 Å². The summed E-state index contributed by atoms with van der Waals surface area (Å²) in [5.41, 5.74) is 7.74. The second kappa shape index (κ2) is 8.18. The maximum absolute atomic E-state index is 12.2. The van der Waals surface area contributed by atoms with Gasteiger partial charge in [-0.3, -0.25) is 25.1 Å². The molecule has 7 heteroatoms. The van der Waals surface area contributed by atoms with Gasteiger partial charge in [0.15, 0.2) is 0 Å². The molecule has 138 valence electrons. The summed E-state index contributed by atoms with van der Waals surface area (Å²) >= 11 is 0. The summed E-state index contributed by atoms with van der Waals surface area (Å²) in [5.74, 6) is -0.750. The van der Waals surface area contributed by atoms with Crippen LogP contribution in [0.2, 0.25) is 0 Å². The number of amides is 2. The average molecular weight is 363 g/mol. The molecule has 27 heavy (non-hydrogen) atoms. The molecule has 0 atom stereocenters. The lowest BCUT2D eigenvalue weighted by molar-refractivity contribution is 0.0846. The number of aromatic nitrogens is 2. The van der Waals surface area contributed by atoms with E-state index in [2.05, 4.69) is 16.0 Å². The molecular weight excluding hydrogens is 342 g/mol. The van der Waals surface area contributed by atoms with Gasteiger partial charge in [-0.2, -0.15) is 5.10 Å². The third-order valence-electron chi connectivity index (χ3n) is 4.03. The highest BCUT2D eigenvalue weighted by Crippen LogP contribution is 2.13. The summed E-state index contributed by atoms with van der Waals surface area (Å²) in [5, 5.41) is 4.15. The van der Waals surface area contributed by atoms with E-state index in [4.69, 9.17) is 0 Å². The van der Waals surface area contributed by atoms with Crippen molar-refractivity contribution in [1.82, 2.24) is 20.6 Å². The van der Waals surface area contributed by atoms with E-state index in [1.807, 2.05) is 49.5 Å². The Labute approximate surface area is 157 Å². The number of anilines is 1. The Hall–Kier alpha value is -3.61. The Morgan fingerprint density at radius 1 is 0.963 bits per heavy atom. The van der Waals surface area contributed by atoms with Crippen LogP contribution in [0.1, 0.15) is 26.3 Å². The van der Waals surface area contributed by atoms with Crippen LogP contribution in [0.3, 0.4) is 0 Å². The lowest BCUT2D eigenvalue weighted by Gasteiger charge is -2.13. The molecule has 1 aromatic heterocycles. The molecule has 2 amide bonds. The van der Waals surface area contributed by atoms with Gasteiger partial charge in [0.1, 0.15) is 0 Å². The van der Waals surface area contributed by atoms with Gasteiger partial charge in [0, 0.05) is 43.3 Å². The quantitative estimate of drug-likeness (QED) is 0.680. The molecule has 1 heterocycles. The number of carbonyl (C=O) groups is 2. The highest BCUT2D eigenvalue weighted by molar-refractivity contribution is 5.99. The first kappa shape index (κ1) is 18.2. The van der Waals surface area contributed by atoms with E-state index in [0.29, 0.717) is 17.7 Å². The Bertz CT molecular complexity index is 918. The van der Waals surface area contributed by atoms with Gasteiger partial charge >= 0.3 is 0 Å². The highest BCUT2D eigenvalue weighted by atomic mass is 16.2. The van der Waals surface area contributed by atoms with E-state index in [0.717, 1.165) is 11.3 Å². The van der Waals surface area contributed by atoms with E-state index in [-0.39, 0.29) is 11.8 Å². The maximum Gasteiger partial charge on any atom is 0.269 e. The zero-order valence-electron chi connectivity index (χ0n) is 15.2. The molecule has 3 rings (SSSR count). The first-order valence-electron chi connectivity index (χ1n) is 8.47. The molecule has 0 bridgehead atoms. The summed E-state index contributed by atoms with van der Waals surface area (Å²) < 4.78 is 1.80. The largest absolute Gasteiger partial charge is 0.378 e. The summed E-state index contributed by atoms with van der Waals surface area (Å²) in [7, 11) is 3.80. The van der Waals surface area contributed by atoms with Gasteiger partial charge in [-0.1, -0.05) is 18.2 Å². The van der Waals surface area contributed by atoms with Crippen molar-refractivity contribution >= 4 is 17.5 Å². The van der Waals surface area contributed by atoms with Crippen molar-refractivity contribution in [3.05, 3.63) is 83.7 Å². The lowest BCUT2D eigenvalue weighted by Crippen LogP contribution is -2.41. The maximum atomic E-state index is 12.2. The summed E-state index contributed by atoms with van der Waals surface area (Å²) in [6, 6.07) is 16.2. The second-order valence-electron chi connectivity index (χ2n) is 6.25. The number of carbonyl (C=O) groups excluding carboxylic acids is 2. The molecule has 0 saturated heterocycles. The van der Waals surface area contributed by atoms with E-state index in [1.165, 1.54) is 0 Å². The molecule has 0 radical (unpaired) electrons. The van der Waals surface area contributed by atoms with Crippen molar-refractivity contribution in [1.29, 1.82) is 0 Å². The van der Waals surface area contributed by atoms with Crippen molar-refractivity contribution < 1.29 is 9.59 Å². The molecular formula is C20H21N5O2. The number of rotatable bonds is 5. The zero-order valence-corrected chi connectivity index (χ0v) is 15.2. The third kappa shape index (κ3) is 4.72. The lowest BCUT2D eigenvalue weighted by atomic mass is 10.1. The Balaban J connectivity index is 1.57. The Morgan fingerprint density at radius 2 is 1.67 bits per heavy atom. The SMILES string of the molecule is CN(C)c1cccc(C(=O)NNC(=O)c2ccc(Cn3cccn3)cc2)c1. The summed E-state index contributed by atoms with van der Waals surface area (Å²) in [4.78, 5) is 26.4. The van der Waals surface area contributed by atoms with Crippen molar-refractivity contribution in [3.63, 3.8) is 0 Å². The topological polar surface area (TPSA) is 79.3 Å². The predicted molar refractivity (Wildman–Crippen MR) is 103 cm³/mol. The molecule has 3 aromatic rings.